The predicted molar refractivity (Wildman–Crippen MR) is 78.4 cm³/mol. The number of aryl methyl sites for hydroxylation is 2. The highest BCUT2D eigenvalue weighted by Crippen LogP contribution is 2.26. The largest absolute Gasteiger partial charge is 0.338 e. The van der Waals surface area contributed by atoms with Crippen LogP contribution in [0.3, 0.4) is 0 Å². The van der Waals surface area contributed by atoms with Crippen molar-refractivity contribution in [1.82, 2.24) is 24.0 Å². The van der Waals surface area contributed by atoms with Crippen molar-refractivity contribution >= 4 is 0 Å². The van der Waals surface area contributed by atoms with Gasteiger partial charge in [0.25, 0.3) is 0 Å². The normalized spacial score (nSPS) is 20.4. The van der Waals surface area contributed by atoms with Crippen molar-refractivity contribution in [2.45, 2.75) is 38.8 Å². The average Bonchev–Trinajstić information content (AvgIpc) is 3.08. The summed E-state index contributed by atoms with van der Waals surface area (Å²) in [6, 6.07) is 0. The molecule has 0 radical (unpaired) electrons. The van der Waals surface area contributed by atoms with Gasteiger partial charge in [-0.1, -0.05) is 0 Å². The lowest BCUT2D eigenvalue weighted by atomic mass is 9.97. The van der Waals surface area contributed by atoms with Crippen LogP contribution in [-0.4, -0.2) is 37.1 Å². The van der Waals surface area contributed by atoms with Crippen LogP contribution < -0.4 is 0 Å². The Labute approximate surface area is 120 Å². The fraction of sp³-hybridized carbons (Fsp3) is 0.600. The van der Waals surface area contributed by atoms with E-state index in [9.17, 15) is 0 Å². The third-order valence-electron chi connectivity index (χ3n) is 4.24. The molecule has 0 spiro atoms. The summed E-state index contributed by atoms with van der Waals surface area (Å²) in [4.78, 5) is 11.5. The van der Waals surface area contributed by atoms with E-state index >= 15 is 0 Å². The molecule has 1 aliphatic heterocycles. The lowest BCUT2D eigenvalue weighted by Gasteiger charge is -2.32. The molecule has 108 valence electrons. The number of aromatic nitrogens is 4. The molecule has 5 heteroatoms. The van der Waals surface area contributed by atoms with Crippen LogP contribution >= 0.6 is 0 Å². The molecule has 20 heavy (non-hydrogen) atoms. The molecular formula is C15H23N5. The first-order valence-corrected chi connectivity index (χ1v) is 7.47. The van der Waals surface area contributed by atoms with Crippen LogP contribution in [0.4, 0.5) is 0 Å². The molecule has 5 nitrogen and oxygen atoms in total. The molecule has 1 fully saturated rings. The van der Waals surface area contributed by atoms with Crippen LogP contribution in [0.2, 0.25) is 0 Å². The quantitative estimate of drug-likeness (QED) is 0.855. The number of hydrogen-bond donors (Lipinski definition) is 0. The summed E-state index contributed by atoms with van der Waals surface area (Å²) >= 11 is 0. The molecular weight excluding hydrogens is 250 g/mol. The maximum Gasteiger partial charge on any atom is 0.122 e. The van der Waals surface area contributed by atoms with Crippen molar-refractivity contribution in [1.29, 1.82) is 0 Å². The smallest absolute Gasteiger partial charge is 0.122 e. The molecule has 1 atom stereocenters. The molecule has 1 aliphatic rings. The minimum absolute atomic E-state index is 0.550. The Kier molecular flexibility index (Phi) is 3.87. The van der Waals surface area contributed by atoms with Crippen molar-refractivity contribution in [3.05, 3.63) is 36.4 Å². The SMILES string of the molecule is CCn1ccnc1CN1CCC[C@H](c2nccn2C)C1. The summed E-state index contributed by atoms with van der Waals surface area (Å²) in [6.45, 7) is 6.35. The molecule has 0 saturated carbocycles. The molecule has 2 aromatic rings. The second-order valence-corrected chi connectivity index (χ2v) is 5.60. The van der Waals surface area contributed by atoms with Crippen molar-refractivity contribution in [2.24, 2.45) is 7.05 Å². The lowest BCUT2D eigenvalue weighted by Crippen LogP contribution is -2.35. The van der Waals surface area contributed by atoms with Gasteiger partial charge in [0, 0.05) is 50.8 Å². The highest BCUT2D eigenvalue weighted by molar-refractivity contribution is 5.03. The van der Waals surface area contributed by atoms with Crippen molar-refractivity contribution in [3.63, 3.8) is 0 Å². The van der Waals surface area contributed by atoms with E-state index in [1.807, 2.05) is 18.6 Å². The third kappa shape index (κ3) is 2.63. The number of imidazole rings is 2. The van der Waals surface area contributed by atoms with E-state index in [1.165, 1.54) is 24.5 Å². The van der Waals surface area contributed by atoms with E-state index in [0.717, 1.165) is 26.2 Å². The number of nitrogens with zero attached hydrogens (tertiary/aromatic N) is 5. The highest BCUT2D eigenvalue weighted by atomic mass is 15.2. The fourth-order valence-electron chi connectivity index (χ4n) is 3.16. The minimum Gasteiger partial charge on any atom is -0.338 e. The van der Waals surface area contributed by atoms with E-state index in [1.54, 1.807) is 0 Å². The van der Waals surface area contributed by atoms with Crippen LogP contribution in [-0.2, 0) is 20.1 Å². The van der Waals surface area contributed by atoms with Gasteiger partial charge in [0.05, 0.1) is 6.54 Å². The Morgan fingerprint density at radius 2 is 2.10 bits per heavy atom. The predicted octanol–water partition coefficient (Wildman–Crippen LogP) is 2.02. The Balaban J connectivity index is 1.68. The second-order valence-electron chi connectivity index (χ2n) is 5.60. The van der Waals surface area contributed by atoms with Gasteiger partial charge in [-0.2, -0.15) is 0 Å². The van der Waals surface area contributed by atoms with Crippen LogP contribution in [0.1, 0.15) is 37.3 Å². The molecule has 0 aromatic carbocycles. The average molecular weight is 273 g/mol. The summed E-state index contributed by atoms with van der Waals surface area (Å²) < 4.78 is 4.38. The van der Waals surface area contributed by atoms with Crippen LogP contribution in [0, 0.1) is 0 Å². The second kappa shape index (κ2) is 5.79. The van der Waals surface area contributed by atoms with E-state index in [2.05, 4.69) is 44.2 Å². The monoisotopic (exact) mass is 273 g/mol. The Morgan fingerprint density at radius 1 is 1.25 bits per heavy atom. The number of rotatable bonds is 4. The molecule has 0 bridgehead atoms. The first-order chi connectivity index (χ1) is 9.78. The minimum atomic E-state index is 0.550. The van der Waals surface area contributed by atoms with Gasteiger partial charge in [-0.3, -0.25) is 4.90 Å². The van der Waals surface area contributed by atoms with Crippen molar-refractivity contribution in [3.8, 4) is 0 Å². The van der Waals surface area contributed by atoms with Gasteiger partial charge in [0.2, 0.25) is 0 Å². The molecule has 1 saturated heterocycles. The van der Waals surface area contributed by atoms with Crippen LogP contribution in [0.15, 0.2) is 24.8 Å². The first-order valence-electron chi connectivity index (χ1n) is 7.47. The third-order valence-corrected chi connectivity index (χ3v) is 4.24. The molecule has 0 N–H and O–H groups in total. The van der Waals surface area contributed by atoms with Crippen LogP contribution in [0.25, 0.3) is 0 Å². The Morgan fingerprint density at radius 3 is 2.85 bits per heavy atom. The molecule has 3 heterocycles. The fourth-order valence-corrected chi connectivity index (χ4v) is 3.16. The number of hydrogen-bond acceptors (Lipinski definition) is 3. The summed E-state index contributed by atoms with van der Waals surface area (Å²) in [6.07, 6.45) is 10.4. The van der Waals surface area contributed by atoms with Gasteiger partial charge in [-0.15, -0.1) is 0 Å². The zero-order valence-corrected chi connectivity index (χ0v) is 12.4. The topological polar surface area (TPSA) is 38.9 Å². The van der Waals surface area contributed by atoms with E-state index < -0.39 is 0 Å². The van der Waals surface area contributed by atoms with E-state index in [-0.39, 0.29) is 0 Å². The molecule has 0 aliphatic carbocycles. The summed E-state index contributed by atoms with van der Waals surface area (Å²) in [5.41, 5.74) is 0. The van der Waals surface area contributed by atoms with Gasteiger partial charge >= 0.3 is 0 Å². The van der Waals surface area contributed by atoms with Crippen molar-refractivity contribution in [2.75, 3.05) is 13.1 Å². The first kappa shape index (κ1) is 13.4. The maximum atomic E-state index is 4.52. The highest BCUT2D eigenvalue weighted by Gasteiger charge is 2.24. The molecule has 2 aromatic heterocycles. The van der Waals surface area contributed by atoms with Gasteiger partial charge in [-0.25, -0.2) is 9.97 Å². The Hall–Kier alpha value is -1.62. The maximum absolute atomic E-state index is 4.52. The summed E-state index contributed by atoms with van der Waals surface area (Å²) in [7, 11) is 2.09. The van der Waals surface area contributed by atoms with E-state index in [4.69, 9.17) is 0 Å². The summed E-state index contributed by atoms with van der Waals surface area (Å²) in [5.74, 6) is 2.94. The van der Waals surface area contributed by atoms with Crippen LogP contribution in [0.5, 0.6) is 0 Å². The van der Waals surface area contributed by atoms with E-state index in [0.29, 0.717) is 5.92 Å². The lowest BCUT2D eigenvalue weighted by molar-refractivity contribution is 0.189. The van der Waals surface area contributed by atoms with Gasteiger partial charge in [0.15, 0.2) is 0 Å². The summed E-state index contributed by atoms with van der Waals surface area (Å²) in [5, 5.41) is 0. The Bertz CT molecular complexity index is 556. The molecule has 0 amide bonds. The zero-order chi connectivity index (χ0) is 13.9. The molecule has 3 rings (SSSR count). The van der Waals surface area contributed by atoms with Gasteiger partial charge in [-0.05, 0) is 26.3 Å². The zero-order valence-electron chi connectivity index (χ0n) is 12.4. The standard InChI is InChI=1S/C15H23N5/c1-3-20-10-7-16-14(20)12-19-8-4-5-13(11-19)15-17-6-9-18(15)2/h6-7,9-10,13H,3-5,8,11-12H2,1-2H3/t13-/m0/s1. The number of piperidine rings is 1. The van der Waals surface area contributed by atoms with Crippen molar-refractivity contribution < 1.29 is 0 Å². The van der Waals surface area contributed by atoms with Gasteiger partial charge < -0.3 is 9.13 Å². The number of likely N-dealkylation sites (tertiary alicyclic amines) is 1. The van der Waals surface area contributed by atoms with Gasteiger partial charge in [0.1, 0.15) is 11.6 Å². The molecule has 0 unspecified atom stereocenters.